The maximum absolute atomic E-state index is 12.4. The zero-order chi connectivity index (χ0) is 25.8. The van der Waals surface area contributed by atoms with E-state index in [-0.39, 0.29) is 5.97 Å². The van der Waals surface area contributed by atoms with Gasteiger partial charge < -0.3 is 9.30 Å². The number of carbonyl (C=O) groups is 1. The molecule has 0 spiro atoms. The lowest BCUT2D eigenvalue weighted by atomic mass is 9.98. The molecule has 2 aromatic heterocycles. The van der Waals surface area contributed by atoms with E-state index in [1.165, 1.54) is 34.2 Å². The molecule has 0 saturated heterocycles. The van der Waals surface area contributed by atoms with Crippen LogP contribution in [0.5, 0.6) is 0 Å². The van der Waals surface area contributed by atoms with Gasteiger partial charge in [0, 0.05) is 29.6 Å². The number of esters is 1. The van der Waals surface area contributed by atoms with Crippen LogP contribution in [0, 0.1) is 18.3 Å². The van der Waals surface area contributed by atoms with Crippen LogP contribution in [-0.2, 0) is 37.0 Å². The summed E-state index contributed by atoms with van der Waals surface area (Å²) in [5.41, 5.74) is 7.62. The highest BCUT2D eigenvalue weighted by molar-refractivity contribution is 7.18. The molecule has 5 rings (SSSR count). The number of nitrogens with zero attached hydrogens (tertiary/aromatic N) is 3. The van der Waals surface area contributed by atoms with Crippen LogP contribution in [0.4, 0.5) is 0 Å². The second kappa shape index (κ2) is 11.0. The van der Waals surface area contributed by atoms with Crippen LogP contribution < -0.4 is 0 Å². The van der Waals surface area contributed by atoms with E-state index < -0.39 is 0 Å². The summed E-state index contributed by atoms with van der Waals surface area (Å²) in [6.45, 7) is 2.71. The lowest BCUT2D eigenvalue weighted by molar-refractivity contribution is 0.0601. The van der Waals surface area contributed by atoms with Crippen molar-refractivity contribution in [3.63, 3.8) is 0 Å². The smallest absolute Gasteiger partial charge is 0.337 e. The number of hydrogen-bond acceptors (Lipinski definition) is 5. The minimum absolute atomic E-state index is 0.341. The Morgan fingerprint density at radius 1 is 1.03 bits per heavy atom. The van der Waals surface area contributed by atoms with Crippen molar-refractivity contribution >= 4 is 38.4 Å². The SMILES string of the molecule is COC(=O)c1ccc2c(c1)c(CCc1ccc(C)cc1)c(CCc1nc3ccccc3s1)n2CCC#N. The van der Waals surface area contributed by atoms with Gasteiger partial charge in [0.25, 0.3) is 0 Å². The number of fused-ring (bicyclic) bond motifs is 2. The molecule has 0 saturated carbocycles. The van der Waals surface area contributed by atoms with Crippen molar-refractivity contribution in [3.8, 4) is 6.07 Å². The topological polar surface area (TPSA) is 67.9 Å². The summed E-state index contributed by atoms with van der Waals surface area (Å²) in [7, 11) is 1.41. The van der Waals surface area contributed by atoms with Crippen LogP contribution in [-0.4, -0.2) is 22.6 Å². The molecule has 0 bridgehead atoms. The van der Waals surface area contributed by atoms with E-state index >= 15 is 0 Å². The van der Waals surface area contributed by atoms with Crippen molar-refractivity contribution in [2.45, 2.75) is 45.6 Å². The van der Waals surface area contributed by atoms with Crippen LogP contribution in [0.1, 0.15) is 44.2 Å². The predicted octanol–water partition coefficient (Wildman–Crippen LogP) is 6.83. The predicted molar refractivity (Wildman–Crippen MR) is 149 cm³/mol. The standard InChI is InChI=1S/C31H29N3O2S/c1-21-8-10-22(11-9-21)12-14-24-25-20-23(31(35)36-2)13-15-28(25)34(19-5-18-32)27(24)16-17-30-33-26-6-3-4-7-29(26)37-30/h3-4,6-11,13,15,20H,5,12,14,16-17,19H2,1-2H3. The maximum atomic E-state index is 12.4. The molecule has 5 aromatic rings. The fourth-order valence-electron chi connectivity index (χ4n) is 4.98. The first-order chi connectivity index (χ1) is 18.1. The van der Waals surface area contributed by atoms with Gasteiger partial charge in [0.05, 0.1) is 40.4 Å². The van der Waals surface area contributed by atoms with Crippen molar-refractivity contribution in [1.29, 1.82) is 5.26 Å². The highest BCUT2D eigenvalue weighted by atomic mass is 32.1. The molecule has 0 fully saturated rings. The van der Waals surface area contributed by atoms with E-state index in [1.54, 1.807) is 11.3 Å². The molecule has 0 amide bonds. The van der Waals surface area contributed by atoms with Crippen molar-refractivity contribution in [1.82, 2.24) is 9.55 Å². The molecule has 0 aliphatic rings. The first kappa shape index (κ1) is 24.7. The Balaban J connectivity index is 1.57. The minimum Gasteiger partial charge on any atom is -0.465 e. The average molecular weight is 508 g/mol. The molecule has 2 heterocycles. The molecule has 0 aliphatic heterocycles. The second-order valence-corrected chi connectivity index (χ2v) is 10.4. The van der Waals surface area contributed by atoms with Crippen LogP contribution >= 0.6 is 11.3 Å². The highest BCUT2D eigenvalue weighted by Gasteiger charge is 2.20. The molecule has 37 heavy (non-hydrogen) atoms. The number of ether oxygens (including phenoxy) is 1. The Hall–Kier alpha value is -3.95. The van der Waals surface area contributed by atoms with Gasteiger partial charge in [0.15, 0.2) is 0 Å². The first-order valence-electron chi connectivity index (χ1n) is 12.6. The number of benzene rings is 3. The minimum atomic E-state index is -0.341. The summed E-state index contributed by atoms with van der Waals surface area (Å²) in [6.07, 6.45) is 3.81. The number of rotatable bonds is 9. The molecule has 3 aromatic carbocycles. The van der Waals surface area contributed by atoms with Gasteiger partial charge in [-0.05, 0) is 67.6 Å². The zero-order valence-electron chi connectivity index (χ0n) is 21.2. The number of carbonyl (C=O) groups excluding carboxylic acids is 1. The normalized spacial score (nSPS) is 11.2. The largest absolute Gasteiger partial charge is 0.465 e. The molecule has 0 atom stereocenters. The van der Waals surface area contributed by atoms with Gasteiger partial charge in [-0.1, -0.05) is 42.0 Å². The Labute approximate surface area is 221 Å². The maximum Gasteiger partial charge on any atom is 0.337 e. The number of nitriles is 1. The van der Waals surface area contributed by atoms with Gasteiger partial charge in [-0.25, -0.2) is 9.78 Å². The van der Waals surface area contributed by atoms with E-state index in [1.807, 2.05) is 30.3 Å². The van der Waals surface area contributed by atoms with Crippen LogP contribution in [0.2, 0.25) is 0 Å². The Morgan fingerprint density at radius 3 is 2.59 bits per heavy atom. The first-order valence-corrected chi connectivity index (χ1v) is 13.4. The van der Waals surface area contributed by atoms with E-state index in [9.17, 15) is 10.1 Å². The Bertz CT molecular complexity index is 1570. The molecule has 0 unspecified atom stereocenters. The second-order valence-electron chi connectivity index (χ2n) is 9.27. The third-order valence-electron chi connectivity index (χ3n) is 6.85. The summed E-state index contributed by atoms with van der Waals surface area (Å²) in [6, 6.07) is 25.0. The van der Waals surface area contributed by atoms with Crippen LogP contribution in [0.3, 0.4) is 0 Å². The summed E-state index contributed by atoms with van der Waals surface area (Å²) in [5, 5.41) is 11.5. The van der Waals surface area contributed by atoms with Gasteiger partial charge in [-0.2, -0.15) is 5.26 Å². The fourth-order valence-corrected chi connectivity index (χ4v) is 5.95. The monoisotopic (exact) mass is 507 g/mol. The number of aromatic nitrogens is 2. The van der Waals surface area contributed by atoms with Crippen molar-refractivity contribution < 1.29 is 9.53 Å². The highest BCUT2D eigenvalue weighted by Crippen LogP contribution is 2.31. The summed E-state index contributed by atoms with van der Waals surface area (Å²) < 4.78 is 8.48. The lowest BCUT2D eigenvalue weighted by Crippen LogP contribution is -2.07. The fraction of sp³-hybridized carbons (Fsp3) is 0.258. The van der Waals surface area contributed by atoms with Gasteiger partial charge in [-0.3, -0.25) is 0 Å². The summed E-state index contributed by atoms with van der Waals surface area (Å²) >= 11 is 1.74. The Kier molecular flexibility index (Phi) is 7.34. The number of methoxy groups -OCH3 is 1. The van der Waals surface area contributed by atoms with E-state index in [2.05, 4.69) is 54.0 Å². The van der Waals surface area contributed by atoms with E-state index in [0.717, 1.165) is 47.1 Å². The number of aryl methyl sites for hydroxylation is 5. The Morgan fingerprint density at radius 2 is 1.84 bits per heavy atom. The number of hydrogen-bond donors (Lipinski definition) is 0. The molecular weight excluding hydrogens is 478 g/mol. The summed E-state index contributed by atoms with van der Waals surface area (Å²) in [4.78, 5) is 17.2. The molecule has 0 aliphatic carbocycles. The van der Waals surface area contributed by atoms with Gasteiger partial charge in [-0.15, -0.1) is 11.3 Å². The van der Waals surface area contributed by atoms with E-state index in [0.29, 0.717) is 18.5 Å². The zero-order valence-corrected chi connectivity index (χ0v) is 22.0. The van der Waals surface area contributed by atoms with Gasteiger partial charge in [0.1, 0.15) is 0 Å². The number of thiazole rings is 1. The third kappa shape index (κ3) is 5.28. The quantitative estimate of drug-likeness (QED) is 0.205. The van der Waals surface area contributed by atoms with Crippen LogP contribution in [0.25, 0.3) is 21.1 Å². The van der Waals surface area contributed by atoms with Gasteiger partial charge in [0.2, 0.25) is 0 Å². The summed E-state index contributed by atoms with van der Waals surface area (Å²) in [5.74, 6) is -0.341. The molecule has 0 radical (unpaired) electrons. The van der Waals surface area contributed by atoms with Crippen molar-refractivity contribution in [2.75, 3.05) is 7.11 Å². The molecule has 5 nitrogen and oxygen atoms in total. The van der Waals surface area contributed by atoms with Gasteiger partial charge >= 0.3 is 5.97 Å². The molecule has 0 N–H and O–H groups in total. The molecule has 6 heteroatoms. The average Bonchev–Trinajstić information content (AvgIpc) is 3.47. The molecule has 186 valence electrons. The van der Waals surface area contributed by atoms with E-state index in [4.69, 9.17) is 9.72 Å². The number of para-hydroxylation sites is 1. The van der Waals surface area contributed by atoms with Crippen molar-refractivity contribution in [3.05, 3.63) is 99.7 Å². The third-order valence-corrected chi connectivity index (χ3v) is 7.95. The van der Waals surface area contributed by atoms with Crippen molar-refractivity contribution in [2.24, 2.45) is 0 Å². The van der Waals surface area contributed by atoms with Crippen LogP contribution in [0.15, 0.2) is 66.7 Å². The lowest BCUT2D eigenvalue weighted by Gasteiger charge is -2.11. The molecular formula is C31H29N3O2S.